The normalized spacial score (nSPS) is 17.0. The number of rotatable bonds is 4. The lowest BCUT2D eigenvalue weighted by Gasteiger charge is -2.10. The minimum absolute atomic E-state index is 0.177. The summed E-state index contributed by atoms with van der Waals surface area (Å²) >= 11 is 0. The molecule has 128 valence electrons. The molecule has 1 amide bonds. The number of oxazole rings is 1. The van der Waals surface area contributed by atoms with Gasteiger partial charge in [0.15, 0.2) is 5.58 Å². The van der Waals surface area contributed by atoms with E-state index in [1.807, 2.05) is 12.1 Å². The van der Waals surface area contributed by atoms with Crippen molar-refractivity contribution in [3.63, 3.8) is 0 Å². The fourth-order valence-electron chi connectivity index (χ4n) is 3.29. The van der Waals surface area contributed by atoms with Gasteiger partial charge in [0.05, 0.1) is 5.52 Å². The number of H-pyrrole nitrogens is 1. The van der Waals surface area contributed by atoms with E-state index in [0.717, 1.165) is 19.5 Å². The van der Waals surface area contributed by atoms with Gasteiger partial charge in [-0.2, -0.15) is 0 Å². The second kappa shape index (κ2) is 6.57. The molecule has 0 aliphatic carbocycles. The van der Waals surface area contributed by atoms with Crippen molar-refractivity contribution in [3.8, 4) is 0 Å². The van der Waals surface area contributed by atoms with E-state index in [2.05, 4.69) is 21.7 Å². The number of nitrogens with one attached hydrogen (secondary N) is 3. The predicted molar refractivity (Wildman–Crippen MR) is 95.9 cm³/mol. The monoisotopic (exact) mass is 337 g/mol. The predicted octanol–water partition coefficient (Wildman–Crippen LogP) is 2.53. The second-order valence-corrected chi connectivity index (χ2v) is 6.44. The average molecular weight is 337 g/mol. The van der Waals surface area contributed by atoms with Gasteiger partial charge < -0.3 is 15.1 Å². The molecule has 0 saturated carbocycles. The van der Waals surface area contributed by atoms with Crippen molar-refractivity contribution in [3.05, 3.63) is 64.1 Å². The summed E-state index contributed by atoms with van der Waals surface area (Å²) in [5, 5.41) is 6.22. The maximum Gasteiger partial charge on any atom is 0.417 e. The molecule has 1 atom stereocenters. The summed E-state index contributed by atoms with van der Waals surface area (Å²) in [7, 11) is 0. The maximum atomic E-state index is 12.5. The van der Waals surface area contributed by atoms with Gasteiger partial charge in [-0.15, -0.1) is 0 Å². The average Bonchev–Trinajstić information content (AvgIpc) is 3.23. The van der Waals surface area contributed by atoms with Gasteiger partial charge in [-0.25, -0.2) is 4.79 Å². The summed E-state index contributed by atoms with van der Waals surface area (Å²) in [5.74, 6) is -0.0478. The number of anilines is 1. The molecule has 3 aromatic rings. The van der Waals surface area contributed by atoms with Gasteiger partial charge in [0.2, 0.25) is 0 Å². The van der Waals surface area contributed by atoms with Crippen LogP contribution in [0.2, 0.25) is 0 Å². The van der Waals surface area contributed by atoms with E-state index in [1.165, 1.54) is 12.0 Å². The third-order valence-electron chi connectivity index (χ3n) is 4.55. The molecule has 2 aromatic carbocycles. The minimum Gasteiger partial charge on any atom is -0.408 e. The van der Waals surface area contributed by atoms with Crippen molar-refractivity contribution >= 4 is 22.7 Å². The lowest BCUT2D eigenvalue weighted by atomic mass is 9.97. The van der Waals surface area contributed by atoms with E-state index in [-0.39, 0.29) is 5.91 Å². The zero-order valence-electron chi connectivity index (χ0n) is 13.7. The Morgan fingerprint density at radius 3 is 3.00 bits per heavy atom. The largest absolute Gasteiger partial charge is 0.417 e. The number of carbonyl (C=O) groups excluding carboxylic acids is 1. The van der Waals surface area contributed by atoms with Crippen LogP contribution in [-0.4, -0.2) is 24.0 Å². The molecule has 6 nitrogen and oxygen atoms in total. The third-order valence-corrected chi connectivity index (χ3v) is 4.55. The molecule has 0 radical (unpaired) electrons. The molecule has 1 saturated heterocycles. The fraction of sp³-hybridized carbons (Fsp3) is 0.263. The standard InChI is InChI=1S/C19H19N3O3/c23-18(21-15-4-5-16-17(10-15)25-19(24)22-16)14-3-1-2-12(9-14)8-13-6-7-20-11-13/h1-5,9-10,13,20H,6-8,11H2,(H,21,23)(H,22,24). The molecule has 6 heteroatoms. The van der Waals surface area contributed by atoms with Crippen LogP contribution in [0.15, 0.2) is 51.7 Å². The zero-order chi connectivity index (χ0) is 17.2. The molecule has 4 rings (SSSR count). The van der Waals surface area contributed by atoms with Gasteiger partial charge in [-0.1, -0.05) is 12.1 Å². The summed E-state index contributed by atoms with van der Waals surface area (Å²) in [4.78, 5) is 26.3. The first-order valence-corrected chi connectivity index (χ1v) is 8.41. The summed E-state index contributed by atoms with van der Waals surface area (Å²) in [6.07, 6.45) is 2.16. The number of aromatic amines is 1. The Labute approximate surface area is 144 Å². The van der Waals surface area contributed by atoms with E-state index in [9.17, 15) is 9.59 Å². The third kappa shape index (κ3) is 3.49. The summed E-state index contributed by atoms with van der Waals surface area (Å²) in [6.45, 7) is 2.11. The van der Waals surface area contributed by atoms with Gasteiger partial charge in [0.1, 0.15) is 0 Å². The van der Waals surface area contributed by atoms with Gasteiger partial charge in [-0.05, 0) is 61.7 Å². The van der Waals surface area contributed by atoms with Crippen LogP contribution in [0.25, 0.3) is 11.1 Å². The smallest absolute Gasteiger partial charge is 0.408 e. The van der Waals surface area contributed by atoms with Crippen molar-refractivity contribution in [2.75, 3.05) is 18.4 Å². The fourth-order valence-corrected chi connectivity index (χ4v) is 3.29. The van der Waals surface area contributed by atoms with Crippen LogP contribution in [0.1, 0.15) is 22.3 Å². The van der Waals surface area contributed by atoms with Crippen molar-refractivity contribution in [2.45, 2.75) is 12.8 Å². The van der Waals surface area contributed by atoms with E-state index < -0.39 is 5.76 Å². The van der Waals surface area contributed by atoms with Crippen molar-refractivity contribution in [1.29, 1.82) is 0 Å². The Balaban J connectivity index is 1.50. The summed E-state index contributed by atoms with van der Waals surface area (Å²) in [6, 6.07) is 12.8. The van der Waals surface area contributed by atoms with Crippen molar-refractivity contribution in [1.82, 2.24) is 10.3 Å². The van der Waals surface area contributed by atoms with Crippen LogP contribution < -0.4 is 16.4 Å². The molecule has 1 aromatic heterocycles. The van der Waals surface area contributed by atoms with E-state index in [4.69, 9.17) is 4.42 Å². The van der Waals surface area contributed by atoms with Gasteiger partial charge in [0, 0.05) is 17.3 Å². The number of carbonyl (C=O) groups is 1. The van der Waals surface area contributed by atoms with Crippen LogP contribution in [0.3, 0.4) is 0 Å². The maximum absolute atomic E-state index is 12.5. The molecule has 3 N–H and O–H groups in total. The first-order valence-electron chi connectivity index (χ1n) is 8.41. The quantitative estimate of drug-likeness (QED) is 0.683. The lowest BCUT2D eigenvalue weighted by Crippen LogP contribution is -2.13. The number of fused-ring (bicyclic) bond motifs is 1. The highest BCUT2D eigenvalue weighted by atomic mass is 16.4. The SMILES string of the molecule is O=C(Nc1ccc2[nH]c(=O)oc2c1)c1cccc(CC2CCNC2)c1. The van der Waals surface area contributed by atoms with Gasteiger partial charge in [-0.3, -0.25) is 9.78 Å². The summed E-state index contributed by atoms with van der Waals surface area (Å²) in [5.41, 5.74) is 3.42. The van der Waals surface area contributed by atoms with E-state index in [0.29, 0.717) is 28.3 Å². The molecule has 1 aliphatic heterocycles. The molecule has 1 aliphatic rings. The zero-order valence-corrected chi connectivity index (χ0v) is 13.7. The number of aromatic nitrogens is 1. The van der Waals surface area contributed by atoms with Crippen molar-refractivity contribution in [2.24, 2.45) is 5.92 Å². The van der Waals surface area contributed by atoms with E-state index >= 15 is 0 Å². The molecule has 1 unspecified atom stereocenters. The Morgan fingerprint density at radius 1 is 1.24 bits per heavy atom. The first kappa shape index (κ1) is 15.7. The highest BCUT2D eigenvalue weighted by Crippen LogP contribution is 2.19. The Hall–Kier alpha value is -2.86. The number of hydrogen-bond donors (Lipinski definition) is 3. The van der Waals surface area contributed by atoms with Crippen LogP contribution in [0.4, 0.5) is 5.69 Å². The first-order chi connectivity index (χ1) is 12.2. The second-order valence-electron chi connectivity index (χ2n) is 6.44. The van der Waals surface area contributed by atoms with Crippen molar-refractivity contribution < 1.29 is 9.21 Å². The van der Waals surface area contributed by atoms with Crippen LogP contribution in [0.5, 0.6) is 0 Å². The molecule has 2 heterocycles. The Bertz CT molecular complexity index is 967. The molecule has 25 heavy (non-hydrogen) atoms. The Morgan fingerprint density at radius 2 is 2.16 bits per heavy atom. The number of hydrogen-bond acceptors (Lipinski definition) is 4. The van der Waals surface area contributed by atoms with Crippen LogP contribution >= 0.6 is 0 Å². The van der Waals surface area contributed by atoms with Gasteiger partial charge >= 0.3 is 5.76 Å². The molecular weight excluding hydrogens is 318 g/mol. The summed E-state index contributed by atoms with van der Waals surface area (Å²) < 4.78 is 5.02. The van der Waals surface area contributed by atoms with Crippen LogP contribution in [-0.2, 0) is 6.42 Å². The highest BCUT2D eigenvalue weighted by molar-refractivity contribution is 6.05. The van der Waals surface area contributed by atoms with E-state index in [1.54, 1.807) is 24.3 Å². The molecular formula is C19H19N3O3. The topological polar surface area (TPSA) is 87.1 Å². The molecule has 1 fully saturated rings. The number of benzene rings is 2. The number of amides is 1. The molecule has 0 spiro atoms. The minimum atomic E-state index is -0.507. The lowest BCUT2D eigenvalue weighted by molar-refractivity contribution is 0.102. The Kier molecular flexibility index (Phi) is 4.11. The van der Waals surface area contributed by atoms with Crippen LogP contribution in [0, 0.1) is 5.92 Å². The molecule has 0 bridgehead atoms. The van der Waals surface area contributed by atoms with Gasteiger partial charge in [0.25, 0.3) is 5.91 Å². The highest BCUT2D eigenvalue weighted by Gasteiger charge is 2.16.